The van der Waals surface area contributed by atoms with E-state index in [0.29, 0.717) is 0 Å². The number of rotatable bonds is 5. The molecule has 0 bridgehead atoms. The van der Waals surface area contributed by atoms with E-state index in [9.17, 15) is 0 Å². The van der Waals surface area contributed by atoms with Crippen molar-refractivity contribution in [3.05, 3.63) is 216 Å². The highest BCUT2D eigenvalue weighted by Gasteiger charge is 2.51. The van der Waals surface area contributed by atoms with E-state index in [1.807, 2.05) is 35.6 Å². The van der Waals surface area contributed by atoms with E-state index in [0.717, 1.165) is 46.7 Å². The highest BCUT2D eigenvalue weighted by atomic mass is 32.1. The molecule has 3 aliphatic carbocycles. The van der Waals surface area contributed by atoms with E-state index in [-0.39, 0.29) is 5.41 Å². The molecule has 3 heterocycles. The number of thiophene rings is 1. The summed E-state index contributed by atoms with van der Waals surface area (Å²) in [6, 6.07) is 64.6. The standard InChI is InChI=1S/C57H35N3S/c1-4-14-34(15-5-1)44-33-45(59-56(58-44)36-16-6-2-7-17-36)37-26-28-41-50(32-37)61-49-25-13-24-46(52(41)49)60-47-30-27-35-18-12-23-43-51(35)53(47)54-48(60)31-29-40-39-21-10-11-22-42(39)57(43,55(40)54)38-19-8-3-9-20-38/h1-9,11-20,22-33H,10,21H2. The van der Waals surface area contributed by atoms with Gasteiger partial charge in [0.05, 0.1) is 33.5 Å². The van der Waals surface area contributed by atoms with Crippen LogP contribution in [-0.2, 0) is 5.41 Å². The van der Waals surface area contributed by atoms with Crippen LogP contribution in [0.5, 0.6) is 0 Å². The highest BCUT2D eigenvalue weighted by molar-refractivity contribution is 7.26. The summed E-state index contributed by atoms with van der Waals surface area (Å²) >= 11 is 1.86. The van der Waals surface area contributed by atoms with Gasteiger partial charge in [0, 0.05) is 47.6 Å². The Morgan fingerprint density at radius 3 is 2.11 bits per heavy atom. The topological polar surface area (TPSA) is 30.7 Å². The number of benzene rings is 8. The van der Waals surface area contributed by atoms with Crippen molar-refractivity contribution < 1.29 is 0 Å². The van der Waals surface area contributed by atoms with Gasteiger partial charge in [-0.1, -0.05) is 152 Å². The van der Waals surface area contributed by atoms with Crippen molar-refractivity contribution in [2.45, 2.75) is 18.3 Å². The zero-order chi connectivity index (χ0) is 39.8. The SMILES string of the molecule is C1=CC2=C(CC1)c1ccc3c4c1C2(c1ccccc1)c1cccc2ccc(c4c12)n3-c1cccc2sc3cc(-c4cc(-c5ccccc5)nc(-c5ccccc5)n4)ccc3c12. The first-order valence-corrected chi connectivity index (χ1v) is 22.0. The lowest BCUT2D eigenvalue weighted by Crippen LogP contribution is -2.31. The minimum absolute atomic E-state index is 0.380. The van der Waals surface area contributed by atoms with Gasteiger partial charge < -0.3 is 4.57 Å². The van der Waals surface area contributed by atoms with E-state index in [1.54, 1.807) is 0 Å². The lowest BCUT2D eigenvalue weighted by Gasteiger charge is -2.38. The van der Waals surface area contributed by atoms with Crippen LogP contribution in [-0.4, -0.2) is 14.5 Å². The highest BCUT2D eigenvalue weighted by Crippen LogP contribution is 2.64. The molecule has 3 nitrogen and oxygen atoms in total. The maximum Gasteiger partial charge on any atom is 0.160 e. The van der Waals surface area contributed by atoms with Gasteiger partial charge in [0.2, 0.25) is 0 Å². The molecule has 0 saturated carbocycles. The number of fused-ring (bicyclic) bond motifs is 6. The Labute approximate surface area is 356 Å². The molecule has 4 heteroatoms. The van der Waals surface area contributed by atoms with Crippen LogP contribution in [0.2, 0.25) is 0 Å². The van der Waals surface area contributed by atoms with Crippen molar-refractivity contribution in [1.29, 1.82) is 0 Å². The summed E-state index contributed by atoms with van der Waals surface area (Å²) in [6.07, 6.45) is 6.99. The van der Waals surface area contributed by atoms with Gasteiger partial charge in [-0.2, -0.15) is 0 Å². The number of hydrogen-bond acceptors (Lipinski definition) is 3. The maximum absolute atomic E-state index is 5.18. The van der Waals surface area contributed by atoms with Crippen LogP contribution in [0.25, 0.3) is 97.9 Å². The van der Waals surface area contributed by atoms with Crippen LogP contribution in [0.4, 0.5) is 0 Å². The molecule has 0 radical (unpaired) electrons. The second kappa shape index (κ2) is 12.3. The van der Waals surface area contributed by atoms with Gasteiger partial charge in [0.1, 0.15) is 0 Å². The number of hydrogen-bond donors (Lipinski definition) is 0. The van der Waals surface area contributed by atoms with Crippen LogP contribution in [0.3, 0.4) is 0 Å². The third-order valence-corrected chi connectivity index (χ3v) is 14.8. The Balaban J connectivity index is 1.02. The monoisotopic (exact) mass is 793 g/mol. The quantitative estimate of drug-likeness (QED) is 0.174. The smallest absolute Gasteiger partial charge is 0.160 e. The first kappa shape index (κ1) is 33.4. The van der Waals surface area contributed by atoms with Crippen LogP contribution >= 0.6 is 11.3 Å². The largest absolute Gasteiger partial charge is 0.309 e. The van der Waals surface area contributed by atoms with Gasteiger partial charge in [-0.25, -0.2) is 9.97 Å². The van der Waals surface area contributed by atoms with Gasteiger partial charge in [-0.05, 0) is 93.4 Å². The summed E-state index contributed by atoms with van der Waals surface area (Å²) in [7, 11) is 0. The van der Waals surface area contributed by atoms with E-state index in [1.165, 1.54) is 91.8 Å². The fourth-order valence-electron chi connectivity index (χ4n) is 11.3. The van der Waals surface area contributed by atoms with Crippen molar-refractivity contribution in [3.8, 4) is 39.6 Å². The Hall–Kier alpha value is -7.40. The Morgan fingerprint density at radius 1 is 0.541 bits per heavy atom. The summed E-state index contributed by atoms with van der Waals surface area (Å²) < 4.78 is 5.10. The molecule has 0 spiro atoms. The van der Waals surface area contributed by atoms with Gasteiger partial charge in [0.25, 0.3) is 0 Å². The van der Waals surface area contributed by atoms with E-state index >= 15 is 0 Å². The second-order valence-electron chi connectivity index (χ2n) is 16.7. The molecule has 3 aromatic heterocycles. The lowest BCUT2D eigenvalue weighted by molar-refractivity contribution is 0.769. The average Bonchev–Trinajstić information content (AvgIpc) is 3.98. The summed E-state index contributed by atoms with van der Waals surface area (Å²) in [5.74, 6) is 0.727. The molecule has 0 aliphatic heterocycles. The van der Waals surface area contributed by atoms with Gasteiger partial charge in [-0.15, -0.1) is 11.3 Å². The Kier molecular flexibility index (Phi) is 6.76. The van der Waals surface area contributed by atoms with Crippen LogP contribution in [0, 0.1) is 0 Å². The zero-order valence-corrected chi connectivity index (χ0v) is 33.9. The molecule has 0 saturated heterocycles. The molecule has 3 aliphatic rings. The minimum Gasteiger partial charge on any atom is -0.309 e. The fraction of sp³-hybridized carbons (Fsp3) is 0.0526. The minimum atomic E-state index is -0.380. The molecular formula is C57H35N3S. The number of allylic oxidation sites excluding steroid dienone is 4. The molecule has 0 fully saturated rings. The third-order valence-electron chi connectivity index (χ3n) is 13.7. The van der Waals surface area contributed by atoms with Crippen molar-refractivity contribution in [3.63, 3.8) is 0 Å². The number of aromatic nitrogens is 3. The van der Waals surface area contributed by atoms with Crippen molar-refractivity contribution in [2.24, 2.45) is 0 Å². The predicted octanol–water partition coefficient (Wildman–Crippen LogP) is 14.9. The predicted molar refractivity (Wildman–Crippen MR) is 255 cm³/mol. The van der Waals surface area contributed by atoms with Gasteiger partial charge in [0.15, 0.2) is 5.82 Å². The molecule has 1 atom stereocenters. The van der Waals surface area contributed by atoms with E-state index in [2.05, 4.69) is 168 Å². The molecule has 0 N–H and O–H groups in total. The summed E-state index contributed by atoms with van der Waals surface area (Å²) in [4.78, 5) is 10.2. The third kappa shape index (κ3) is 4.42. The molecule has 0 amide bonds. The van der Waals surface area contributed by atoms with Crippen molar-refractivity contribution >= 4 is 69.7 Å². The van der Waals surface area contributed by atoms with E-state index < -0.39 is 0 Å². The van der Waals surface area contributed by atoms with Gasteiger partial charge >= 0.3 is 0 Å². The molecule has 1 unspecified atom stereocenters. The van der Waals surface area contributed by atoms with E-state index in [4.69, 9.17) is 9.97 Å². The van der Waals surface area contributed by atoms with Crippen molar-refractivity contribution in [1.82, 2.24) is 14.5 Å². The first-order valence-electron chi connectivity index (χ1n) is 21.2. The maximum atomic E-state index is 5.18. The fourth-order valence-corrected chi connectivity index (χ4v) is 12.4. The molecule has 8 aromatic carbocycles. The summed E-state index contributed by atoms with van der Waals surface area (Å²) in [5.41, 5.74) is 16.9. The lowest BCUT2D eigenvalue weighted by atomic mass is 9.62. The molecule has 284 valence electrons. The second-order valence-corrected chi connectivity index (χ2v) is 17.8. The number of nitrogens with zero attached hydrogens (tertiary/aromatic N) is 3. The van der Waals surface area contributed by atoms with Gasteiger partial charge in [-0.3, -0.25) is 0 Å². The van der Waals surface area contributed by atoms with Crippen LogP contribution < -0.4 is 0 Å². The molecular weight excluding hydrogens is 759 g/mol. The average molecular weight is 794 g/mol. The molecule has 11 aromatic rings. The van der Waals surface area contributed by atoms with Crippen molar-refractivity contribution in [2.75, 3.05) is 0 Å². The van der Waals surface area contributed by atoms with Crippen LogP contribution in [0.15, 0.2) is 194 Å². The first-order chi connectivity index (χ1) is 30.3. The molecule has 14 rings (SSSR count). The molecule has 61 heavy (non-hydrogen) atoms. The normalized spacial score (nSPS) is 16.3. The Bertz CT molecular complexity index is 3680. The summed E-state index contributed by atoms with van der Waals surface area (Å²) in [6.45, 7) is 0. The van der Waals surface area contributed by atoms with Crippen LogP contribution in [0.1, 0.15) is 35.1 Å². The Morgan fingerprint density at radius 2 is 1.28 bits per heavy atom. The summed E-state index contributed by atoms with van der Waals surface area (Å²) in [5, 5.41) is 8.00. The zero-order valence-electron chi connectivity index (χ0n) is 33.1.